The number of sulfonamides is 1. The van der Waals surface area contributed by atoms with E-state index in [0.717, 1.165) is 35.7 Å². The number of benzene rings is 2. The summed E-state index contributed by atoms with van der Waals surface area (Å²) < 4.78 is 40.4. The molecule has 0 spiro atoms. The molecule has 1 N–H and O–H groups in total. The molecule has 1 unspecified atom stereocenters. The molecule has 5 rings (SSSR count). The van der Waals surface area contributed by atoms with Crippen LogP contribution in [0.15, 0.2) is 53.6 Å². The molecular formula is C25H29N3O5S. The van der Waals surface area contributed by atoms with Gasteiger partial charge in [-0.15, -0.1) is 0 Å². The second-order valence-electron chi connectivity index (χ2n) is 8.74. The van der Waals surface area contributed by atoms with E-state index in [2.05, 4.69) is 5.32 Å². The summed E-state index contributed by atoms with van der Waals surface area (Å²) in [7, 11) is -3.50. The fraction of sp³-hybridized carbons (Fsp3) is 0.400. The molecule has 9 heteroatoms. The van der Waals surface area contributed by atoms with Crippen molar-refractivity contribution in [1.82, 2.24) is 14.2 Å². The van der Waals surface area contributed by atoms with Crippen LogP contribution in [-0.2, 0) is 21.4 Å². The highest BCUT2D eigenvalue weighted by Crippen LogP contribution is 2.32. The van der Waals surface area contributed by atoms with E-state index in [1.165, 1.54) is 0 Å². The number of rotatable bonds is 7. The molecule has 2 aliphatic heterocycles. The lowest BCUT2D eigenvalue weighted by molar-refractivity contribution is -0.124. The average Bonchev–Trinajstić information content (AvgIpc) is 3.50. The smallest absolute Gasteiger partial charge is 0.243 e. The van der Waals surface area contributed by atoms with Gasteiger partial charge in [0.25, 0.3) is 0 Å². The minimum Gasteiger partial charge on any atom is -0.454 e. The molecule has 0 aliphatic carbocycles. The third-order valence-electron chi connectivity index (χ3n) is 6.57. The Labute approximate surface area is 199 Å². The summed E-state index contributed by atoms with van der Waals surface area (Å²) in [6.45, 7) is 3.70. The van der Waals surface area contributed by atoms with Gasteiger partial charge in [-0.25, -0.2) is 8.42 Å². The lowest BCUT2D eigenvalue weighted by Crippen LogP contribution is -2.35. The molecule has 1 fully saturated rings. The number of hydrogen-bond donors (Lipinski definition) is 1. The third kappa shape index (κ3) is 4.25. The van der Waals surface area contributed by atoms with Crippen LogP contribution >= 0.6 is 0 Å². The van der Waals surface area contributed by atoms with Crippen molar-refractivity contribution in [2.24, 2.45) is 0 Å². The van der Waals surface area contributed by atoms with E-state index in [-0.39, 0.29) is 12.7 Å². The summed E-state index contributed by atoms with van der Waals surface area (Å²) in [5.74, 6) is 1.30. The molecule has 2 aliphatic rings. The maximum Gasteiger partial charge on any atom is 0.243 e. The van der Waals surface area contributed by atoms with Crippen molar-refractivity contribution in [2.75, 3.05) is 19.9 Å². The minimum absolute atomic E-state index is 0.0947. The van der Waals surface area contributed by atoms with Gasteiger partial charge in [0.05, 0.1) is 4.90 Å². The van der Waals surface area contributed by atoms with Crippen LogP contribution in [0, 0.1) is 0 Å². The molecule has 8 nitrogen and oxygen atoms in total. The molecule has 34 heavy (non-hydrogen) atoms. The minimum atomic E-state index is -3.50. The van der Waals surface area contributed by atoms with Gasteiger partial charge in [-0.2, -0.15) is 4.31 Å². The second-order valence-corrected chi connectivity index (χ2v) is 10.7. The molecule has 1 atom stereocenters. The fourth-order valence-corrected chi connectivity index (χ4v) is 6.25. The van der Waals surface area contributed by atoms with Crippen LogP contribution in [0.3, 0.4) is 0 Å². The average molecular weight is 484 g/mol. The first-order valence-corrected chi connectivity index (χ1v) is 13.2. The zero-order valence-corrected chi connectivity index (χ0v) is 20.0. The second kappa shape index (κ2) is 9.31. The van der Waals surface area contributed by atoms with Crippen molar-refractivity contribution >= 4 is 26.8 Å². The molecule has 0 saturated carbocycles. The van der Waals surface area contributed by atoms with Gasteiger partial charge in [0, 0.05) is 36.7 Å². The van der Waals surface area contributed by atoms with E-state index in [4.69, 9.17) is 9.47 Å². The number of carbonyl (C=O) groups excluding carboxylic acids is 1. The summed E-state index contributed by atoms with van der Waals surface area (Å²) in [5.41, 5.74) is 1.76. The number of fused-ring (bicyclic) bond motifs is 2. The Bertz CT molecular complexity index is 1310. The Morgan fingerprint density at radius 3 is 2.62 bits per heavy atom. The van der Waals surface area contributed by atoms with Gasteiger partial charge in [-0.3, -0.25) is 4.79 Å². The van der Waals surface area contributed by atoms with E-state index in [9.17, 15) is 13.2 Å². The number of nitrogens with one attached hydrogen (secondary N) is 1. The molecular weight excluding hydrogens is 454 g/mol. The number of piperidine rings is 1. The van der Waals surface area contributed by atoms with Crippen LogP contribution in [0.1, 0.15) is 44.2 Å². The first-order valence-electron chi connectivity index (χ1n) is 11.7. The summed E-state index contributed by atoms with van der Waals surface area (Å²) in [4.78, 5) is 13.4. The van der Waals surface area contributed by atoms with Gasteiger partial charge in [0.15, 0.2) is 11.5 Å². The molecule has 1 amide bonds. The summed E-state index contributed by atoms with van der Waals surface area (Å²) >= 11 is 0. The van der Waals surface area contributed by atoms with Gasteiger partial charge >= 0.3 is 0 Å². The Morgan fingerprint density at radius 1 is 1.03 bits per heavy atom. The highest BCUT2D eigenvalue weighted by Gasteiger charge is 2.27. The van der Waals surface area contributed by atoms with Gasteiger partial charge in [0.1, 0.15) is 6.04 Å². The molecule has 0 radical (unpaired) electrons. The Balaban J connectivity index is 1.33. The number of ether oxygens (including phenoxy) is 2. The highest BCUT2D eigenvalue weighted by molar-refractivity contribution is 7.89. The maximum absolute atomic E-state index is 13.1. The van der Waals surface area contributed by atoms with Crippen LogP contribution in [0.4, 0.5) is 0 Å². The SMILES string of the molecule is CCC(C(=O)NCc1ccc2c(c1)OCO2)n1ccc2cc(S(=O)(=O)N3CCCCC3)ccc21. The molecule has 3 aromatic rings. The first-order chi connectivity index (χ1) is 16.5. The Morgan fingerprint density at radius 2 is 1.82 bits per heavy atom. The fourth-order valence-electron chi connectivity index (χ4n) is 4.70. The number of carbonyl (C=O) groups is 1. The van der Waals surface area contributed by atoms with Gasteiger partial charge in [-0.1, -0.05) is 19.4 Å². The zero-order valence-electron chi connectivity index (χ0n) is 19.2. The number of amides is 1. The van der Waals surface area contributed by atoms with E-state index < -0.39 is 16.1 Å². The topological polar surface area (TPSA) is 89.9 Å². The van der Waals surface area contributed by atoms with Crippen LogP contribution in [0.2, 0.25) is 0 Å². The summed E-state index contributed by atoms with van der Waals surface area (Å²) in [5, 5.41) is 3.82. The molecule has 1 aromatic heterocycles. The van der Waals surface area contributed by atoms with Crippen LogP contribution in [-0.4, -0.2) is 43.1 Å². The van der Waals surface area contributed by atoms with Crippen LogP contribution < -0.4 is 14.8 Å². The van der Waals surface area contributed by atoms with Crippen LogP contribution in [0.25, 0.3) is 10.9 Å². The molecule has 180 valence electrons. The monoisotopic (exact) mass is 483 g/mol. The Hall–Kier alpha value is -3.04. The van der Waals surface area contributed by atoms with Crippen molar-refractivity contribution in [1.29, 1.82) is 0 Å². The van der Waals surface area contributed by atoms with E-state index >= 15 is 0 Å². The molecule has 1 saturated heterocycles. The standard InChI is InChI=1S/C25H29N3O5S/c1-2-21(25(29)26-16-18-6-9-23-24(14-18)33-17-32-23)28-13-10-19-15-20(7-8-22(19)28)34(30,31)27-11-4-3-5-12-27/h6-10,13-15,21H,2-5,11-12,16-17H2,1H3,(H,26,29). The summed E-state index contributed by atoms with van der Waals surface area (Å²) in [6, 6.07) is 12.3. The molecule has 3 heterocycles. The van der Waals surface area contributed by atoms with E-state index in [0.29, 0.717) is 42.4 Å². The lowest BCUT2D eigenvalue weighted by Gasteiger charge is -2.26. The predicted molar refractivity (Wildman–Crippen MR) is 128 cm³/mol. The quantitative estimate of drug-likeness (QED) is 0.552. The lowest BCUT2D eigenvalue weighted by atomic mass is 10.1. The van der Waals surface area contributed by atoms with Crippen molar-refractivity contribution in [3.05, 3.63) is 54.2 Å². The Kier molecular flexibility index (Phi) is 6.22. The van der Waals surface area contributed by atoms with Crippen LogP contribution in [0.5, 0.6) is 11.5 Å². The van der Waals surface area contributed by atoms with Crippen molar-refractivity contribution < 1.29 is 22.7 Å². The van der Waals surface area contributed by atoms with Gasteiger partial charge in [0.2, 0.25) is 22.7 Å². The first kappa shape index (κ1) is 22.7. The zero-order chi connectivity index (χ0) is 23.7. The number of aromatic nitrogens is 1. The number of nitrogens with zero attached hydrogens (tertiary/aromatic N) is 2. The predicted octanol–water partition coefficient (Wildman–Crippen LogP) is 3.81. The normalized spacial score (nSPS) is 17.1. The van der Waals surface area contributed by atoms with E-state index in [1.807, 2.05) is 42.0 Å². The van der Waals surface area contributed by atoms with Crippen molar-refractivity contribution in [2.45, 2.75) is 50.1 Å². The summed E-state index contributed by atoms with van der Waals surface area (Å²) in [6.07, 6.45) is 5.33. The largest absolute Gasteiger partial charge is 0.454 e. The highest BCUT2D eigenvalue weighted by atomic mass is 32.2. The third-order valence-corrected chi connectivity index (χ3v) is 8.47. The van der Waals surface area contributed by atoms with E-state index in [1.54, 1.807) is 22.5 Å². The number of hydrogen-bond acceptors (Lipinski definition) is 5. The van der Waals surface area contributed by atoms with Gasteiger partial charge < -0.3 is 19.4 Å². The van der Waals surface area contributed by atoms with Gasteiger partial charge in [-0.05, 0) is 61.2 Å². The van der Waals surface area contributed by atoms with Crippen molar-refractivity contribution in [3.63, 3.8) is 0 Å². The molecule has 2 aromatic carbocycles. The van der Waals surface area contributed by atoms with Crippen molar-refractivity contribution in [3.8, 4) is 11.5 Å². The molecule has 0 bridgehead atoms. The maximum atomic E-state index is 13.1.